The van der Waals surface area contributed by atoms with Gasteiger partial charge >= 0.3 is 0 Å². The number of nitrogens with one attached hydrogen (secondary N) is 1. The van der Waals surface area contributed by atoms with Crippen LogP contribution in [0.2, 0.25) is 5.02 Å². The Morgan fingerprint density at radius 3 is 2.35 bits per heavy atom. The summed E-state index contributed by atoms with van der Waals surface area (Å²) in [7, 11) is -3.27. The number of hydrogen-bond acceptors (Lipinski definition) is 7. The lowest BCUT2D eigenvalue weighted by molar-refractivity contribution is -0.385. The number of ether oxygens (including phenoxy) is 1. The summed E-state index contributed by atoms with van der Waals surface area (Å²) in [5.74, 6) is -0.995. The zero-order chi connectivity index (χ0) is 31.9. The summed E-state index contributed by atoms with van der Waals surface area (Å²) in [6.45, 7) is 6.08. The molecule has 43 heavy (non-hydrogen) atoms. The number of methoxy groups -OCH3 is 1. The first-order valence-corrected chi connectivity index (χ1v) is 15.4. The molecule has 0 aliphatic heterocycles. The fraction of sp³-hybridized carbons (Fsp3) is 0.333. The fourth-order valence-corrected chi connectivity index (χ4v) is 5.88. The van der Waals surface area contributed by atoms with Crippen LogP contribution in [0.5, 0.6) is 5.75 Å². The molecule has 230 valence electrons. The van der Waals surface area contributed by atoms with Crippen LogP contribution < -0.4 is 14.4 Å². The molecule has 3 rings (SSSR count). The van der Waals surface area contributed by atoms with Crippen molar-refractivity contribution >= 4 is 44.8 Å². The summed E-state index contributed by atoms with van der Waals surface area (Å²) < 4.78 is 34.5. The van der Waals surface area contributed by atoms with Crippen LogP contribution in [0, 0.1) is 17.0 Å². The number of amides is 2. The van der Waals surface area contributed by atoms with Crippen molar-refractivity contribution in [3.05, 3.63) is 93.0 Å². The van der Waals surface area contributed by atoms with Crippen LogP contribution in [0.3, 0.4) is 0 Å². The van der Waals surface area contributed by atoms with Crippen LogP contribution in [0.25, 0.3) is 0 Å². The molecule has 11 nitrogen and oxygen atoms in total. The molecule has 13 heteroatoms. The maximum Gasteiger partial charge on any atom is 0.273 e. The molecule has 0 spiro atoms. The minimum atomic E-state index is -4.60. The van der Waals surface area contributed by atoms with Gasteiger partial charge in [0.15, 0.2) is 0 Å². The second kappa shape index (κ2) is 14.3. The second-order valence-electron chi connectivity index (χ2n) is 10.0. The Hall–Kier alpha value is -4.16. The highest BCUT2D eigenvalue weighted by atomic mass is 35.5. The number of carbonyl (C=O) groups is 2. The average Bonchev–Trinajstić information content (AvgIpc) is 2.98. The molecule has 3 aromatic carbocycles. The summed E-state index contributed by atoms with van der Waals surface area (Å²) >= 11 is 6.25. The second-order valence-corrected chi connectivity index (χ2v) is 12.3. The number of nitro groups is 1. The number of nitro benzene ring substituents is 1. The number of sulfonamides is 1. The summed E-state index contributed by atoms with van der Waals surface area (Å²) in [4.78, 5) is 39.1. The average molecular weight is 631 g/mol. The lowest BCUT2D eigenvalue weighted by atomic mass is 10.1. The van der Waals surface area contributed by atoms with E-state index in [9.17, 15) is 28.1 Å². The number of hydrogen-bond donors (Lipinski definition) is 1. The molecule has 0 unspecified atom stereocenters. The maximum absolute atomic E-state index is 14.2. The van der Waals surface area contributed by atoms with Gasteiger partial charge in [-0.1, -0.05) is 54.9 Å². The summed E-state index contributed by atoms with van der Waals surface area (Å²) in [5.41, 5.74) is 0.541. The number of benzene rings is 3. The first-order valence-electron chi connectivity index (χ1n) is 13.5. The Morgan fingerprint density at radius 2 is 1.74 bits per heavy atom. The standard InChI is InChI=1S/C30H35ClN4O7S/c1-6-21(3)32-30(37)22(4)33(18-23-10-8-7-9-11-23)29(36)19-34(27-16-24(31)13-15-28(27)42-5)43(40,41)25-14-12-20(2)26(17-25)35(38)39/h7-17,21-22H,6,18-19H2,1-5H3,(H,32,37)/t21-,22-/m0/s1. The van der Waals surface area contributed by atoms with Crippen LogP contribution >= 0.6 is 11.6 Å². The van der Waals surface area contributed by atoms with Crippen LogP contribution in [-0.2, 0) is 26.2 Å². The predicted molar refractivity (Wildman–Crippen MR) is 165 cm³/mol. The monoisotopic (exact) mass is 630 g/mol. The zero-order valence-corrected chi connectivity index (χ0v) is 26.2. The molecule has 3 aromatic rings. The molecular weight excluding hydrogens is 596 g/mol. The van der Waals surface area contributed by atoms with Crippen molar-refractivity contribution in [2.45, 2.75) is 57.6 Å². The van der Waals surface area contributed by atoms with E-state index in [1.807, 2.05) is 19.9 Å². The SMILES string of the molecule is CC[C@H](C)NC(=O)[C@H](C)N(Cc1ccccc1)C(=O)CN(c1cc(Cl)ccc1OC)S(=O)(=O)c1ccc(C)c([N+](=O)[O-])c1. The highest BCUT2D eigenvalue weighted by Gasteiger charge is 2.35. The van der Waals surface area contributed by atoms with E-state index in [4.69, 9.17) is 16.3 Å². The van der Waals surface area contributed by atoms with Gasteiger partial charge in [0.1, 0.15) is 18.3 Å². The van der Waals surface area contributed by atoms with Crippen molar-refractivity contribution in [2.24, 2.45) is 0 Å². The van der Waals surface area contributed by atoms with Gasteiger partial charge in [-0.05, 0) is 57.0 Å². The van der Waals surface area contributed by atoms with Crippen LogP contribution in [0.4, 0.5) is 11.4 Å². The van der Waals surface area contributed by atoms with E-state index in [0.717, 1.165) is 15.9 Å². The molecule has 0 aromatic heterocycles. The number of anilines is 1. The van der Waals surface area contributed by atoms with Crippen molar-refractivity contribution in [3.63, 3.8) is 0 Å². The Labute approximate surface area is 256 Å². The number of rotatable bonds is 13. The molecule has 0 saturated carbocycles. The first kappa shape index (κ1) is 33.3. The molecule has 0 aliphatic rings. The lowest BCUT2D eigenvalue weighted by Crippen LogP contribution is -2.52. The van der Waals surface area contributed by atoms with Crippen molar-refractivity contribution in [3.8, 4) is 5.75 Å². The van der Waals surface area contributed by atoms with Crippen LogP contribution in [0.15, 0.2) is 71.6 Å². The summed E-state index contributed by atoms with van der Waals surface area (Å²) in [6, 6.07) is 15.6. The number of carbonyl (C=O) groups excluding carboxylic acids is 2. The van der Waals surface area contributed by atoms with Gasteiger partial charge in [0.25, 0.3) is 15.7 Å². The molecule has 0 aliphatic carbocycles. The summed E-state index contributed by atoms with van der Waals surface area (Å²) in [5, 5.41) is 14.7. The number of nitrogens with zero attached hydrogens (tertiary/aromatic N) is 3. The third kappa shape index (κ3) is 8.02. The fourth-order valence-electron chi connectivity index (χ4n) is 4.27. The Morgan fingerprint density at radius 1 is 1.07 bits per heavy atom. The summed E-state index contributed by atoms with van der Waals surface area (Å²) in [6.07, 6.45) is 0.675. The van der Waals surface area contributed by atoms with Gasteiger partial charge in [0.2, 0.25) is 11.8 Å². The molecule has 1 N–H and O–H groups in total. The van der Waals surface area contributed by atoms with E-state index in [2.05, 4.69) is 5.32 Å². The Kier molecular flexibility index (Phi) is 11.1. The smallest absolute Gasteiger partial charge is 0.273 e. The van der Waals surface area contributed by atoms with E-state index >= 15 is 0 Å². The third-order valence-corrected chi connectivity index (χ3v) is 9.01. The van der Waals surface area contributed by atoms with E-state index < -0.39 is 49.9 Å². The number of aryl methyl sites for hydroxylation is 1. The topological polar surface area (TPSA) is 139 Å². The Bertz CT molecular complexity index is 1580. The molecule has 0 saturated heterocycles. The van der Waals surface area contributed by atoms with E-state index in [1.54, 1.807) is 31.2 Å². The molecule has 2 atom stereocenters. The minimum absolute atomic E-state index is 0.0192. The molecule has 0 radical (unpaired) electrons. The van der Waals surface area contributed by atoms with E-state index in [1.165, 1.54) is 49.3 Å². The van der Waals surface area contributed by atoms with Gasteiger partial charge in [-0.25, -0.2) is 8.42 Å². The normalized spacial score (nSPS) is 12.6. The van der Waals surface area contributed by atoms with E-state index in [-0.39, 0.29) is 34.6 Å². The van der Waals surface area contributed by atoms with Crippen molar-refractivity contribution in [1.82, 2.24) is 10.2 Å². The highest BCUT2D eigenvalue weighted by Crippen LogP contribution is 2.36. The van der Waals surface area contributed by atoms with Crippen LogP contribution in [-0.4, -0.2) is 55.8 Å². The third-order valence-electron chi connectivity index (χ3n) is 7.02. The van der Waals surface area contributed by atoms with Crippen molar-refractivity contribution < 1.29 is 27.7 Å². The van der Waals surface area contributed by atoms with Gasteiger partial charge in [-0.2, -0.15) is 0 Å². The molecule has 0 fully saturated rings. The Balaban J connectivity index is 2.15. The van der Waals surface area contributed by atoms with E-state index in [0.29, 0.717) is 6.42 Å². The maximum atomic E-state index is 14.2. The van der Waals surface area contributed by atoms with Gasteiger partial charge in [-0.15, -0.1) is 0 Å². The predicted octanol–water partition coefficient (Wildman–Crippen LogP) is 5.09. The largest absolute Gasteiger partial charge is 0.495 e. The quantitative estimate of drug-likeness (QED) is 0.205. The first-order chi connectivity index (χ1) is 20.3. The molecule has 2 amide bonds. The molecule has 0 heterocycles. The van der Waals surface area contributed by atoms with Crippen molar-refractivity contribution in [2.75, 3.05) is 18.0 Å². The molecular formula is C30H35ClN4O7S. The lowest BCUT2D eigenvalue weighted by Gasteiger charge is -2.32. The minimum Gasteiger partial charge on any atom is -0.495 e. The molecule has 0 bridgehead atoms. The van der Waals surface area contributed by atoms with Gasteiger partial charge in [-0.3, -0.25) is 24.0 Å². The van der Waals surface area contributed by atoms with Crippen molar-refractivity contribution in [1.29, 1.82) is 0 Å². The van der Waals surface area contributed by atoms with Gasteiger partial charge < -0.3 is 15.0 Å². The van der Waals surface area contributed by atoms with Gasteiger partial charge in [0.05, 0.1) is 22.6 Å². The van der Waals surface area contributed by atoms with Gasteiger partial charge in [0, 0.05) is 29.2 Å². The highest BCUT2D eigenvalue weighted by molar-refractivity contribution is 7.92. The zero-order valence-electron chi connectivity index (χ0n) is 24.6. The number of halogens is 1. The van der Waals surface area contributed by atoms with Crippen LogP contribution in [0.1, 0.15) is 38.3 Å².